The first kappa shape index (κ1) is 17.0. The van der Waals surface area contributed by atoms with Crippen molar-refractivity contribution in [2.45, 2.75) is 43.5 Å². The maximum Gasteiger partial charge on any atom is 0.243 e. The van der Waals surface area contributed by atoms with Crippen LogP contribution in [0.5, 0.6) is 0 Å². The molecule has 1 aliphatic carbocycles. The summed E-state index contributed by atoms with van der Waals surface area (Å²) in [6, 6.07) is 2.37. The van der Waals surface area contributed by atoms with Crippen LogP contribution in [0.3, 0.4) is 0 Å². The van der Waals surface area contributed by atoms with Crippen molar-refractivity contribution in [2.75, 3.05) is 6.54 Å². The lowest BCUT2D eigenvalue weighted by Gasteiger charge is -2.26. The maximum absolute atomic E-state index is 13.7. The highest BCUT2D eigenvalue weighted by molar-refractivity contribution is 7.89. The van der Waals surface area contributed by atoms with E-state index in [4.69, 9.17) is 0 Å². The Hall–Kier alpha value is -1.80. The summed E-state index contributed by atoms with van der Waals surface area (Å²) in [5, 5.41) is 0. The molecule has 0 saturated heterocycles. The van der Waals surface area contributed by atoms with Crippen LogP contribution in [0.1, 0.15) is 36.7 Å². The Bertz CT molecular complexity index is 845. The van der Waals surface area contributed by atoms with Crippen molar-refractivity contribution in [2.24, 2.45) is 0 Å². The second-order valence-corrected chi connectivity index (χ2v) is 7.75. The maximum atomic E-state index is 13.7. The fourth-order valence-corrected chi connectivity index (χ4v) is 3.92. The summed E-state index contributed by atoms with van der Waals surface area (Å²) in [7, 11) is -4.10. The third-order valence-corrected chi connectivity index (χ3v) is 5.84. The lowest BCUT2D eigenvalue weighted by atomic mass is 9.85. The highest BCUT2D eigenvalue weighted by atomic mass is 32.2. The zero-order valence-electron chi connectivity index (χ0n) is 13.3. The zero-order valence-corrected chi connectivity index (χ0v) is 14.1. The van der Waals surface area contributed by atoms with Crippen molar-refractivity contribution in [3.05, 3.63) is 47.5 Å². The Labute approximate surface area is 139 Å². The van der Waals surface area contributed by atoms with Crippen LogP contribution >= 0.6 is 0 Å². The van der Waals surface area contributed by atoms with Crippen LogP contribution in [0.15, 0.2) is 29.3 Å². The van der Waals surface area contributed by atoms with Crippen LogP contribution in [-0.4, -0.2) is 24.5 Å². The quantitative estimate of drug-likeness (QED) is 0.867. The second kappa shape index (κ2) is 6.60. The molecule has 0 bridgehead atoms. The van der Waals surface area contributed by atoms with Crippen molar-refractivity contribution >= 4 is 10.0 Å². The summed E-state index contributed by atoms with van der Waals surface area (Å²) in [6.45, 7) is 2.39. The molecule has 1 saturated carbocycles. The van der Waals surface area contributed by atoms with Gasteiger partial charge < -0.3 is 4.57 Å². The first-order valence-corrected chi connectivity index (χ1v) is 9.33. The van der Waals surface area contributed by atoms with E-state index in [1.54, 1.807) is 6.20 Å². The SMILES string of the molecule is Cc1cnc(C2CCC2)n1CCNS(=O)(=O)c1cc(F)ccc1F. The van der Waals surface area contributed by atoms with E-state index in [1.807, 2.05) is 11.5 Å². The first-order valence-electron chi connectivity index (χ1n) is 7.85. The highest BCUT2D eigenvalue weighted by Crippen LogP contribution is 2.35. The molecule has 0 unspecified atom stereocenters. The monoisotopic (exact) mass is 355 g/mol. The number of nitrogens with zero attached hydrogens (tertiary/aromatic N) is 2. The van der Waals surface area contributed by atoms with Crippen molar-refractivity contribution in [1.82, 2.24) is 14.3 Å². The molecular formula is C16H19F2N3O2S. The van der Waals surface area contributed by atoms with Crippen LogP contribution in [0.25, 0.3) is 0 Å². The second-order valence-electron chi connectivity index (χ2n) is 6.01. The molecule has 1 aromatic carbocycles. The van der Waals surface area contributed by atoms with Gasteiger partial charge in [0.15, 0.2) is 0 Å². The van der Waals surface area contributed by atoms with E-state index in [-0.39, 0.29) is 6.54 Å². The van der Waals surface area contributed by atoms with Crippen molar-refractivity contribution < 1.29 is 17.2 Å². The van der Waals surface area contributed by atoms with E-state index in [2.05, 4.69) is 9.71 Å². The normalized spacial score (nSPS) is 15.5. The van der Waals surface area contributed by atoms with Crippen molar-refractivity contribution in [3.8, 4) is 0 Å². The summed E-state index contributed by atoms with van der Waals surface area (Å²) in [4.78, 5) is 3.74. The molecule has 1 aliphatic rings. The van der Waals surface area contributed by atoms with E-state index in [0.717, 1.165) is 36.5 Å². The van der Waals surface area contributed by atoms with Gasteiger partial charge in [0.05, 0.1) is 0 Å². The van der Waals surface area contributed by atoms with Crippen LogP contribution in [0.4, 0.5) is 8.78 Å². The van der Waals surface area contributed by atoms with Gasteiger partial charge in [0, 0.05) is 30.9 Å². The minimum absolute atomic E-state index is 0.0786. The lowest BCUT2D eigenvalue weighted by Crippen LogP contribution is -2.29. The Morgan fingerprint density at radius 3 is 2.75 bits per heavy atom. The smallest absolute Gasteiger partial charge is 0.243 e. The molecule has 1 fully saturated rings. The van der Waals surface area contributed by atoms with E-state index in [1.165, 1.54) is 6.42 Å². The van der Waals surface area contributed by atoms with Crippen molar-refractivity contribution in [3.63, 3.8) is 0 Å². The predicted molar refractivity (Wildman–Crippen MR) is 85.1 cm³/mol. The highest BCUT2D eigenvalue weighted by Gasteiger charge is 2.25. The van der Waals surface area contributed by atoms with Gasteiger partial charge in [-0.05, 0) is 38.0 Å². The number of halogens is 2. The molecule has 1 aromatic heterocycles. The average molecular weight is 355 g/mol. The number of sulfonamides is 1. The van der Waals surface area contributed by atoms with Crippen LogP contribution in [-0.2, 0) is 16.6 Å². The molecule has 2 aromatic rings. The van der Waals surface area contributed by atoms with Gasteiger partial charge in [-0.3, -0.25) is 0 Å². The molecule has 1 N–H and O–H groups in total. The van der Waals surface area contributed by atoms with Gasteiger partial charge in [0.1, 0.15) is 22.4 Å². The van der Waals surface area contributed by atoms with Crippen molar-refractivity contribution in [1.29, 1.82) is 0 Å². The Morgan fingerprint density at radius 1 is 1.33 bits per heavy atom. The molecular weight excluding hydrogens is 336 g/mol. The number of imidazole rings is 1. The number of aryl methyl sites for hydroxylation is 1. The van der Waals surface area contributed by atoms with Gasteiger partial charge in [-0.15, -0.1) is 0 Å². The topological polar surface area (TPSA) is 64.0 Å². The zero-order chi connectivity index (χ0) is 17.3. The molecule has 0 amide bonds. The molecule has 0 radical (unpaired) electrons. The predicted octanol–water partition coefficient (Wildman–Crippen LogP) is 2.72. The summed E-state index contributed by atoms with van der Waals surface area (Å²) in [5.74, 6) is -0.377. The fourth-order valence-electron chi connectivity index (χ4n) is 2.82. The van der Waals surface area contributed by atoms with Crippen LogP contribution in [0.2, 0.25) is 0 Å². The van der Waals surface area contributed by atoms with Crippen LogP contribution in [0, 0.1) is 18.6 Å². The minimum Gasteiger partial charge on any atom is -0.331 e. The Kier molecular flexibility index (Phi) is 4.69. The molecule has 8 heteroatoms. The largest absolute Gasteiger partial charge is 0.331 e. The van der Waals surface area contributed by atoms with Gasteiger partial charge >= 0.3 is 0 Å². The number of rotatable bonds is 6. The Morgan fingerprint density at radius 2 is 2.08 bits per heavy atom. The molecule has 1 heterocycles. The standard InChI is InChI=1S/C16H19F2N3O2S/c1-11-10-19-16(12-3-2-4-12)21(11)8-7-20-24(22,23)15-9-13(17)5-6-14(15)18/h5-6,9-10,12,20H,2-4,7-8H2,1H3. The molecule has 130 valence electrons. The van der Waals surface area contributed by atoms with Crippen LogP contribution < -0.4 is 4.72 Å². The number of hydrogen-bond donors (Lipinski definition) is 1. The van der Waals surface area contributed by atoms with E-state index < -0.39 is 26.6 Å². The molecule has 0 spiro atoms. The molecule has 0 atom stereocenters. The molecule has 0 aliphatic heterocycles. The van der Waals surface area contributed by atoms with E-state index in [9.17, 15) is 17.2 Å². The van der Waals surface area contributed by atoms with Gasteiger partial charge in [-0.2, -0.15) is 0 Å². The fraction of sp³-hybridized carbons (Fsp3) is 0.438. The summed E-state index contributed by atoms with van der Waals surface area (Å²) in [6.07, 6.45) is 5.14. The number of benzene rings is 1. The lowest BCUT2D eigenvalue weighted by molar-refractivity contribution is 0.385. The third-order valence-electron chi connectivity index (χ3n) is 4.37. The van der Waals surface area contributed by atoms with E-state index >= 15 is 0 Å². The summed E-state index contributed by atoms with van der Waals surface area (Å²) >= 11 is 0. The Balaban J connectivity index is 1.70. The number of nitrogens with one attached hydrogen (secondary N) is 1. The van der Waals surface area contributed by atoms with E-state index in [0.29, 0.717) is 18.5 Å². The third kappa shape index (κ3) is 3.34. The summed E-state index contributed by atoms with van der Waals surface area (Å²) in [5.41, 5.74) is 0.952. The number of aromatic nitrogens is 2. The molecule has 24 heavy (non-hydrogen) atoms. The molecule has 3 rings (SSSR count). The minimum atomic E-state index is -4.10. The molecule has 5 nitrogen and oxygen atoms in total. The first-order chi connectivity index (χ1) is 11.4. The van der Waals surface area contributed by atoms with Gasteiger partial charge in [0.25, 0.3) is 0 Å². The van der Waals surface area contributed by atoms with Gasteiger partial charge in [-0.25, -0.2) is 26.9 Å². The summed E-state index contributed by atoms with van der Waals surface area (Å²) < 4.78 is 55.5. The average Bonchev–Trinajstić information content (AvgIpc) is 2.81. The van der Waals surface area contributed by atoms with Gasteiger partial charge in [0.2, 0.25) is 10.0 Å². The number of hydrogen-bond acceptors (Lipinski definition) is 3. The van der Waals surface area contributed by atoms with Gasteiger partial charge in [-0.1, -0.05) is 6.42 Å².